The molecule has 4 heteroatoms. The Balaban J connectivity index is 1.86. The SMILES string of the molecule is O=C(CCC1CCCCC1)c1scc(Br)c1Br. The highest BCUT2D eigenvalue weighted by Crippen LogP contribution is 2.34. The lowest BCUT2D eigenvalue weighted by atomic mass is 9.85. The molecule has 0 bridgehead atoms. The maximum Gasteiger partial charge on any atom is 0.173 e. The molecular formula is C13H16Br2OS. The van der Waals surface area contributed by atoms with E-state index in [9.17, 15) is 4.79 Å². The lowest BCUT2D eigenvalue weighted by Crippen LogP contribution is -2.08. The topological polar surface area (TPSA) is 17.1 Å². The number of ketones is 1. The van der Waals surface area contributed by atoms with Gasteiger partial charge in [-0.25, -0.2) is 0 Å². The summed E-state index contributed by atoms with van der Waals surface area (Å²) in [7, 11) is 0. The lowest BCUT2D eigenvalue weighted by molar-refractivity contribution is 0.0973. The van der Waals surface area contributed by atoms with Crippen LogP contribution in [-0.2, 0) is 0 Å². The monoisotopic (exact) mass is 378 g/mol. The van der Waals surface area contributed by atoms with Crippen LogP contribution in [-0.4, -0.2) is 5.78 Å². The first kappa shape index (κ1) is 13.8. The van der Waals surface area contributed by atoms with Gasteiger partial charge in [-0.1, -0.05) is 32.1 Å². The highest BCUT2D eigenvalue weighted by molar-refractivity contribution is 9.13. The standard InChI is InChI=1S/C13H16Br2OS/c14-10-8-17-13(12(10)15)11(16)7-6-9-4-2-1-3-5-9/h8-9H,1-7H2. The number of Topliss-reactive ketones (excluding diaryl/α,β-unsaturated/α-hetero) is 1. The van der Waals surface area contributed by atoms with Crippen LogP contribution < -0.4 is 0 Å². The highest BCUT2D eigenvalue weighted by Gasteiger charge is 2.18. The fourth-order valence-electron chi connectivity index (χ4n) is 2.44. The van der Waals surface area contributed by atoms with Crippen molar-refractivity contribution >= 4 is 49.0 Å². The second-order valence-electron chi connectivity index (χ2n) is 4.69. The van der Waals surface area contributed by atoms with Crippen LogP contribution in [0.3, 0.4) is 0 Å². The van der Waals surface area contributed by atoms with Gasteiger partial charge in [-0.05, 0) is 44.2 Å². The fourth-order valence-corrected chi connectivity index (χ4v) is 4.60. The predicted molar refractivity (Wildman–Crippen MR) is 79.9 cm³/mol. The molecule has 17 heavy (non-hydrogen) atoms. The molecule has 1 aliphatic rings. The maximum absolute atomic E-state index is 12.1. The Morgan fingerprint density at radius 1 is 1.29 bits per heavy atom. The van der Waals surface area contributed by atoms with Gasteiger partial charge in [0, 0.05) is 16.3 Å². The quantitative estimate of drug-likeness (QED) is 0.602. The van der Waals surface area contributed by atoms with Crippen molar-refractivity contribution in [1.29, 1.82) is 0 Å². The lowest BCUT2D eigenvalue weighted by Gasteiger charge is -2.20. The van der Waals surface area contributed by atoms with E-state index in [1.165, 1.54) is 43.4 Å². The number of rotatable bonds is 4. The van der Waals surface area contributed by atoms with Crippen molar-refractivity contribution in [2.45, 2.75) is 44.9 Å². The molecule has 0 aliphatic heterocycles. The summed E-state index contributed by atoms with van der Waals surface area (Å²) in [5, 5.41) is 1.97. The van der Waals surface area contributed by atoms with E-state index in [0.717, 1.165) is 26.2 Å². The molecule has 1 fully saturated rings. The van der Waals surface area contributed by atoms with E-state index in [0.29, 0.717) is 6.42 Å². The third-order valence-electron chi connectivity index (χ3n) is 3.45. The van der Waals surface area contributed by atoms with Crippen molar-refractivity contribution in [3.05, 3.63) is 19.2 Å². The molecule has 0 atom stereocenters. The van der Waals surface area contributed by atoms with Crippen LogP contribution in [0.1, 0.15) is 54.6 Å². The maximum atomic E-state index is 12.1. The summed E-state index contributed by atoms with van der Waals surface area (Å²) < 4.78 is 1.92. The molecule has 94 valence electrons. The first-order valence-electron chi connectivity index (χ1n) is 6.14. The minimum absolute atomic E-state index is 0.290. The number of hydrogen-bond acceptors (Lipinski definition) is 2. The molecule has 0 radical (unpaired) electrons. The zero-order valence-corrected chi connectivity index (χ0v) is 13.7. The Bertz CT molecular complexity index is 394. The number of halogens is 2. The van der Waals surface area contributed by atoms with E-state index in [-0.39, 0.29) is 5.78 Å². The van der Waals surface area contributed by atoms with E-state index < -0.39 is 0 Å². The van der Waals surface area contributed by atoms with Crippen LogP contribution in [0, 0.1) is 5.92 Å². The van der Waals surface area contributed by atoms with Gasteiger partial charge in [-0.2, -0.15) is 0 Å². The Labute approximate surface area is 123 Å². The molecule has 1 aromatic rings. The van der Waals surface area contributed by atoms with Gasteiger partial charge in [0.15, 0.2) is 5.78 Å². The average molecular weight is 380 g/mol. The van der Waals surface area contributed by atoms with Crippen LogP contribution in [0.25, 0.3) is 0 Å². The number of thiophene rings is 1. The molecule has 1 aromatic heterocycles. The van der Waals surface area contributed by atoms with Gasteiger partial charge >= 0.3 is 0 Å². The molecule has 1 heterocycles. The van der Waals surface area contributed by atoms with Crippen LogP contribution in [0.4, 0.5) is 0 Å². The van der Waals surface area contributed by atoms with Gasteiger partial charge in [0.05, 0.1) is 9.35 Å². The zero-order chi connectivity index (χ0) is 12.3. The molecule has 0 unspecified atom stereocenters. The van der Waals surface area contributed by atoms with E-state index in [1.807, 2.05) is 5.38 Å². The first-order valence-corrected chi connectivity index (χ1v) is 8.60. The van der Waals surface area contributed by atoms with Crippen LogP contribution in [0.2, 0.25) is 0 Å². The fraction of sp³-hybridized carbons (Fsp3) is 0.615. The van der Waals surface area contributed by atoms with Gasteiger partial charge in [-0.3, -0.25) is 4.79 Å². The molecule has 0 amide bonds. The predicted octanol–water partition coefficient (Wildman–Crippen LogP) is 5.82. The Morgan fingerprint density at radius 3 is 2.59 bits per heavy atom. The summed E-state index contributed by atoms with van der Waals surface area (Å²) in [6, 6.07) is 0. The molecule has 0 aromatic carbocycles. The summed E-state index contributed by atoms with van der Waals surface area (Å²) in [4.78, 5) is 12.9. The van der Waals surface area contributed by atoms with Crippen LogP contribution >= 0.6 is 43.2 Å². The third kappa shape index (κ3) is 3.65. The Kier molecular flexibility index (Phi) is 5.25. The van der Waals surface area contributed by atoms with Crippen LogP contribution in [0.5, 0.6) is 0 Å². The van der Waals surface area contributed by atoms with E-state index >= 15 is 0 Å². The number of carbonyl (C=O) groups excluding carboxylic acids is 1. The van der Waals surface area contributed by atoms with Crippen molar-refractivity contribution in [3.8, 4) is 0 Å². The summed E-state index contributed by atoms with van der Waals surface area (Å²) in [6.07, 6.45) is 8.51. The van der Waals surface area contributed by atoms with Gasteiger partial charge in [0.1, 0.15) is 0 Å². The number of carbonyl (C=O) groups is 1. The van der Waals surface area contributed by atoms with Crippen molar-refractivity contribution in [2.75, 3.05) is 0 Å². The second kappa shape index (κ2) is 6.48. The summed E-state index contributed by atoms with van der Waals surface area (Å²) >= 11 is 8.41. The average Bonchev–Trinajstić information content (AvgIpc) is 2.69. The van der Waals surface area contributed by atoms with Crippen LogP contribution in [0.15, 0.2) is 14.3 Å². The molecule has 0 spiro atoms. The molecule has 1 nitrogen and oxygen atoms in total. The van der Waals surface area contributed by atoms with Gasteiger partial charge in [-0.15, -0.1) is 11.3 Å². The normalized spacial score (nSPS) is 17.3. The molecular weight excluding hydrogens is 364 g/mol. The van der Waals surface area contributed by atoms with Crippen molar-refractivity contribution in [1.82, 2.24) is 0 Å². The van der Waals surface area contributed by atoms with Crippen molar-refractivity contribution < 1.29 is 4.79 Å². The Morgan fingerprint density at radius 2 is 2.00 bits per heavy atom. The van der Waals surface area contributed by atoms with Gasteiger partial charge in [0.2, 0.25) is 0 Å². The van der Waals surface area contributed by atoms with Crippen molar-refractivity contribution in [2.24, 2.45) is 5.92 Å². The van der Waals surface area contributed by atoms with Gasteiger partial charge in [0.25, 0.3) is 0 Å². The minimum Gasteiger partial charge on any atom is -0.293 e. The molecule has 1 saturated carbocycles. The second-order valence-corrected chi connectivity index (χ2v) is 7.22. The Hall–Kier alpha value is 0.330. The summed E-state index contributed by atoms with van der Waals surface area (Å²) in [5.74, 6) is 1.08. The molecule has 0 N–H and O–H groups in total. The largest absolute Gasteiger partial charge is 0.293 e. The van der Waals surface area contributed by atoms with E-state index in [2.05, 4.69) is 31.9 Å². The smallest absolute Gasteiger partial charge is 0.173 e. The zero-order valence-electron chi connectivity index (χ0n) is 9.68. The van der Waals surface area contributed by atoms with Gasteiger partial charge < -0.3 is 0 Å². The molecule has 1 aliphatic carbocycles. The first-order chi connectivity index (χ1) is 8.18. The molecule has 2 rings (SSSR count). The molecule has 0 saturated heterocycles. The highest BCUT2D eigenvalue weighted by atomic mass is 79.9. The summed E-state index contributed by atoms with van der Waals surface area (Å²) in [6.45, 7) is 0. The summed E-state index contributed by atoms with van der Waals surface area (Å²) in [5.41, 5.74) is 0. The third-order valence-corrected chi connectivity index (χ3v) is 7.01. The van der Waals surface area contributed by atoms with E-state index in [4.69, 9.17) is 0 Å². The van der Waals surface area contributed by atoms with Crippen molar-refractivity contribution in [3.63, 3.8) is 0 Å². The van der Waals surface area contributed by atoms with E-state index in [1.54, 1.807) is 0 Å². The number of hydrogen-bond donors (Lipinski definition) is 0. The minimum atomic E-state index is 0.290.